The van der Waals surface area contributed by atoms with E-state index in [2.05, 4.69) is 29.3 Å². The highest BCUT2D eigenvalue weighted by atomic mass is 35.5. The number of carbonyl (C=O) groups excluding carboxylic acids is 1. The highest BCUT2D eigenvalue weighted by Gasteiger charge is 2.18. The minimum absolute atomic E-state index is 0.000284. The normalized spacial score (nSPS) is 16.4. The highest BCUT2D eigenvalue weighted by Crippen LogP contribution is 2.25. The van der Waals surface area contributed by atoms with E-state index in [9.17, 15) is 9.18 Å². The van der Waals surface area contributed by atoms with Crippen LogP contribution in [0.1, 0.15) is 48.7 Å². The van der Waals surface area contributed by atoms with Gasteiger partial charge in [0.05, 0.1) is 11.6 Å². The zero-order valence-electron chi connectivity index (χ0n) is 15.1. The summed E-state index contributed by atoms with van der Waals surface area (Å²) in [5, 5.41) is 3.11. The summed E-state index contributed by atoms with van der Waals surface area (Å²) in [6, 6.07) is 12.1. The number of amides is 1. The van der Waals surface area contributed by atoms with Gasteiger partial charge in [0, 0.05) is 23.8 Å². The number of nitrogens with one attached hydrogen (secondary N) is 1. The molecule has 1 atom stereocenters. The van der Waals surface area contributed by atoms with E-state index in [0.717, 1.165) is 30.6 Å². The first-order chi connectivity index (χ1) is 12.4. The molecule has 138 valence electrons. The number of nitrogens with zero attached hydrogens (tertiary/aromatic N) is 1. The predicted octanol–water partition coefficient (Wildman–Crippen LogP) is 5.21. The third-order valence-corrected chi connectivity index (χ3v) is 5.30. The van der Waals surface area contributed by atoms with Crippen molar-refractivity contribution < 1.29 is 9.18 Å². The number of halogens is 2. The zero-order valence-corrected chi connectivity index (χ0v) is 15.9. The Hall–Kier alpha value is -2.07. The van der Waals surface area contributed by atoms with Crippen LogP contribution in [-0.4, -0.2) is 19.0 Å². The minimum atomic E-state index is -0.614. The van der Waals surface area contributed by atoms with Crippen molar-refractivity contribution in [3.05, 3.63) is 64.4 Å². The van der Waals surface area contributed by atoms with Crippen LogP contribution in [0.4, 0.5) is 10.1 Å². The third-order valence-electron chi connectivity index (χ3n) is 5.07. The lowest BCUT2D eigenvalue weighted by molar-refractivity contribution is 0.0936. The minimum Gasteiger partial charge on any atom is -0.372 e. The summed E-state index contributed by atoms with van der Waals surface area (Å²) in [6.07, 6.45) is 2.45. The number of rotatable bonds is 4. The zero-order chi connectivity index (χ0) is 18.7. The molecule has 0 saturated carbocycles. The van der Waals surface area contributed by atoms with E-state index >= 15 is 0 Å². The van der Waals surface area contributed by atoms with Crippen molar-refractivity contribution >= 4 is 23.2 Å². The molecule has 0 spiro atoms. The lowest BCUT2D eigenvalue weighted by Gasteiger charge is -2.32. The molecule has 2 aromatic rings. The Morgan fingerprint density at radius 2 is 1.85 bits per heavy atom. The molecule has 0 unspecified atom stereocenters. The fourth-order valence-electron chi connectivity index (χ4n) is 3.27. The Morgan fingerprint density at radius 1 is 1.19 bits per heavy atom. The average Bonchev–Trinajstić information content (AvgIpc) is 2.62. The molecule has 1 aliphatic heterocycles. The number of benzene rings is 2. The van der Waals surface area contributed by atoms with E-state index in [1.54, 1.807) is 0 Å². The fraction of sp³-hybridized carbons (Fsp3) is 0.381. The van der Waals surface area contributed by atoms with Crippen molar-refractivity contribution in [3.63, 3.8) is 0 Å². The quantitative estimate of drug-likeness (QED) is 0.797. The molecule has 1 amide bonds. The van der Waals surface area contributed by atoms with Gasteiger partial charge in [-0.15, -0.1) is 0 Å². The SMILES string of the molecule is CC1CCN(c2ccc([C@H](C)NC(=O)c3ccc(Cl)cc3F)cc2)CC1. The smallest absolute Gasteiger partial charge is 0.254 e. The van der Waals surface area contributed by atoms with Gasteiger partial charge < -0.3 is 10.2 Å². The van der Waals surface area contributed by atoms with Crippen LogP contribution < -0.4 is 10.2 Å². The molecular formula is C21H24ClFN2O. The molecule has 1 fully saturated rings. The molecule has 3 rings (SSSR count). The van der Waals surface area contributed by atoms with E-state index in [4.69, 9.17) is 11.6 Å². The first-order valence-electron chi connectivity index (χ1n) is 9.05. The molecule has 1 N–H and O–H groups in total. The Morgan fingerprint density at radius 3 is 2.46 bits per heavy atom. The van der Waals surface area contributed by atoms with Gasteiger partial charge in [-0.3, -0.25) is 4.79 Å². The number of piperidine rings is 1. The van der Waals surface area contributed by atoms with Crippen LogP contribution in [0.2, 0.25) is 5.02 Å². The first-order valence-corrected chi connectivity index (χ1v) is 9.42. The van der Waals surface area contributed by atoms with Crippen LogP contribution in [0, 0.1) is 11.7 Å². The number of anilines is 1. The second-order valence-corrected chi connectivity index (χ2v) is 7.52. The van der Waals surface area contributed by atoms with Gasteiger partial charge in [-0.2, -0.15) is 0 Å². The Labute approximate surface area is 159 Å². The van der Waals surface area contributed by atoms with Crippen LogP contribution >= 0.6 is 11.6 Å². The number of carbonyl (C=O) groups is 1. The molecule has 2 aromatic carbocycles. The van der Waals surface area contributed by atoms with Crippen molar-refractivity contribution in [1.29, 1.82) is 0 Å². The summed E-state index contributed by atoms with van der Waals surface area (Å²) in [5.41, 5.74) is 2.20. The van der Waals surface area contributed by atoms with Crippen LogP contribution in [0.15, 0.2) is 42.5 Å². The molecule has 3 nitrogen and oxygen atoms in total. The van der Waals surface area contributed by atoms with Gasteiger partial charge in [0.15, 0.2) is 0 Å². The van der Waals surface area contributed by atoms with Gasteiger partial charge in [-0.05, 0) is 61.6 Å². The van der Waals surface area contributed by atoms with Crippen LogP contribution in [0.5, 0.6) is 0 Å². The maximum Gasteiger partial charge on any atom is 0.254 e. The van der Waals surface area contributed by atoms with Gasteiger partial charge in [-0.25, -0.2) is 4.39 Å². The lowest BCUT2D eigenvalue weighted by atomic mass is 9.98. The van der Waals surface area contributed by atoms with E-state index in [1.165, 1.54) is 30.7 Å². The van der Waals surface area contributed by atoms with E-state index in [0.29, 0.717) is 0 Å². The maximum absolute atomic E-state index is 13.9. The van der Waals surface area contributed by atoms with E-state index in [-0.39, 0.29) is 16.6 Å². The molecule has 0 aromatic heterocycles. The lowest BCUT2D eigenvalue weighted by Crippen LogP contribution is -2.32. The van der Waals surface area contributed by atoms with Gasteiger partial charge in [0.2, 0.25) is 0 Å². The highest BCUT2D eigenvalue weighted by molar-refractivity contribution is 6.30. The molecular weight excluding hydrogens is 351 g/mol. The van der Waals surface area contributed by atoms with Crippen LogP contribution in [-0.2, 0) is 0 Å². The Kier molecular flexibility index (Phi) is 5.82. The molecule has 1 saturated heterocycles. The summed E-state index contributed by atoms with van der Waals surface area (Å²) in [6.45, 7) is 6.36. The van der Waals surface area contributed by atoms with Crippen molar-refractivity contribution in [2.45, 2.75) is 32.7 Å². The molecule has 26 heavy (non-hydrogen) atoms. The van der Waals surface area contributed by atoms with Gasteiger partial charge in [-0.1, -0.05) is 30.7 Å². The topological polar surface area (TPSA) is 32.3 Å². The van der Waals surface area contributed by atoms with Crippen molar-refractivity contribution in [2.75, 3.05) is 18.0 Å². The van der Waals surface area contributed by atoms with Gasteiger partial charge >= 0.3 is 0 Å². The molecule has 5 heteroatoms. The average molecular weight is 375 g/mol. The molecule has 1 heterocycles. The van der Waals surface area contributed by atoms with Crippen molar-refractivity contribution in [2.24, 2.45) is 5.92 Å². The monoisotopic (exact) mass is 374 g/mol. The third kappa shape index (κ3) is 4.36. The summed E-state index contributed by atoms with van der Waals surface area (Å²) in [7, 11) is 0. The van der Waals surface area contributed by atoms with E-state index in [1.807, 2.05) is 19.1 Å². The van der Waals surface area contributed by atoms with Crippen molar-refractivity contribution in [3.8, 4) is 0 Å². The van der Waals surface area contributed by atoms with Crippen molar-refractivity contribution in [1.82, 2.24) is 5.32 Å². The van der Waals surface area contributed by atoms with Gasteiger partial charge in [0.25, 0.3) is 5.91 Å². The van der Waals surface area contributed by atoms with Crippen LogP contribution in [0.3, 0.4) is 0 Å². The molecule has 0 bridgehead atoms. The molecule has 0 radical (unpaired) electrons. The fourth-order valence-corrected chi connectivity index (χ4v) is 3.43. The van der Waals surface area contributed by atoms with Gasteiger partial charge in [0.1, 0.15) is 5.82 Å². The second-order valence-electron chi connectivity index (χ2n) is 7.08. The summed E-state index contributed by atoms with van der Waals surface area (Å²) in [4.78, 5) is 14.7. The molecule has 0 aliphatic carbocycles. The number of hydrogen-bond acceptors (Lipinski definition) is 2. The second kappa shape index (κ2) is 8.09. The molecule has 1 aliphatic rings. The number of hydrogen-bond donors (Lipinski definition) is 1. The van der Waals surface area contributed by atoms with E-state index < -0.39 is 11.7 Å². The predicted molar refractivity (Wildman–Crippen MR) is 104 cm³/mol. The Bertz CT molecular complexity index is 770. The summed E-state index contributed by atoms with van der Waals surface area (Å²) >= 11 is 5.73. The summed E-state index contributed by atoms with van der Waals surface area (Å²) in [5.74, 6) is -0.258. The van der Waals surface area contributed by atoms with Crippen LogP contribution in [0.25, 0.3) is 0 Å². The largest absolute Gasteiger partial charge is 0.372 e. The first kappa shape index (κ1) is 18.7. The summed E-state index contributed by atoms with van der Waals surface area (Å²) < 4.78 is 13.9. The maximum atomic E-state index is 13.9. The Balaban J connectivity index is 1.64. The standard InChI is InChI=1S/C21H24ClFN2O/c1-14-9-11-25(12-10-14)18-6-3-16(4-7-18)15(2)24-21(26)19-8-5-17(22)13-20(19)23/h3-8,13-15H,9-12H2,1-2H3,(H,24,26)/t15-/m0/s1.